The first kappa shape index (κ1) is 12.4. The van der Waals surface area contributed by atoms with E-state index in [9.17, 15) is 4.79 Å². The number of hydrogen-bond acceptors (Lipinski definition) is 3. The van der Waals surface area contributed by atoms with Crippen LogP contribution in [0.4, 0.5) is 5.69 Å². The standard InChI is InChI=1S/C14H17N3OS/c18-14(16-11-5-9-19-10-11)13-2-1-8-17(13)12-3-6-15-7-4-12/h1-2,5,8-10,12,15H,3-4,6-7H2,(H,16,18). The summed E-state index contributed by atoms with van der Waals surface area (Å²) in [5, 5.41) is 10.2. The minimum atomic E-state index is -0.0260. The minimum Gasteiger partial charge on any atom is -0.340 e. The molecule has 100 valence electrons. The van der Waals surface area contributed by atoms with Crippen molar-refractivity contribution < 1.29 is 4.79 Å². The molecule has 3 heterocycles. The second-order valence-electron chi connectivity index (χ2n) is 4.75. The van der Waals surface area contributed by atoms with Crippen molar-refractivity contribution >= 4 is 22.9 Å². The van der Waals surface area contributed by atoms with Gasteiger partial charge in [0, 0.05) is 17.6 Å². The van der Waals surface area contributed by atoms with E-state index in [2.05, 4.69) is 15.2 Å². The lowest BCUT2D eigenvalue weighted by molar-refractivity contribution is 0.101. The summed E-state index contributed by atoms with van der Waals surface area (Å²) in [4.78, 5) is 12.3. The third-order valence-corrected chi connectivity index (χ3v) is 4.18. The number of piperidine rings is 1. The largest absolute Gasteiger partial charge is 0.340 e. The van der Waals surface area contributed by atoms with Crippen LogP contribution in [0.5, 0.6) is 0 Å². The van der Waals surface area contributed by atoms with E-state index in [-0.39, 0.29) is 5.91 Å². The van der Waals surface area contributed by atoms with Crippen LogP contribution < -0.4 is 10.6 Å². The molecule has 1 amide bonds. The van der Waals surface area contributed by atoms with Gasteiger partial charge in [-0.15, -0.1) is 0 Å². The van der Waals surface area contributed by atoms with Crippen LogP contribution >= 0.6 is 11.3 Å². The Labute approximate surface area is 116 Å². The molecule has 0 aromatic carbocycles. The summed E-state index contributed by atoms with van der Waals surface area (Å²) in [5.74, 6) is -0.0260. The first-order chi connectivity index (χ1) is 9.34. The molecule has 2 aromatic rings. The van der Waals surface area contributed by atoms with Crippen molar-refractivity contribution in [3.05, 3.63) is 40.8 Å². The van der Waals surface area contributed by atoms with Crippen molar-refractivity contribution in [2.45, 2.75) is 18.9 Å². The average molecular weight is 275 g/mol. The predicted octanol–water partition coefficient (Wildman–Crippen LogP) is 2.73. The minimum absolute atomic E-state index is 0.0260. The van der Waals surface area contributed by atoms with Gasteiger partial charge in [-0.2, -0.15) is 11.3 Å². The lowest BCUT2D eigenvalue weighted by atomic mass is 10.1. The molecule has 2 N–H and O–H groups in total. The molecule has 1 aliphatic heterocycles. The summed E-state index contributed by atoms with van der Waals surface area (Å²) >= 11 is 1.58. The van der Waals surface area contributed by atoms with Gasteiger partial charge in [0.1, 0.15) is 5.69 Å². The van der Waals surface area contributed by atoms with E-state index >= 15 is 0 Å². The van der Waals surface area contributed by atoms with Crippen molar-refractivity contribution in [2.24, 2.45) is 0 Å². The molecule has 0 aliphatic carbocycles. The molecular weight excluding hydrogens is 258 g/mol. The molecule has 0 saturated carbocycles. The van der Waals surface area contributed by atoms with Gasteiger partial charge in [-0.3, -0.25) is 4.79 Å². The number of amides is 1. The molecule has 1 aliphatic rings. The Morgan fingerprint density at radius 3 is 2.95 bits per heavy atom. The zero-order valence-corrected chi connectivity index (χ0v) is 11.5. The highest BCUT2D eigenvalue weighted by molar-refractivity contribution is 7.08. The molecule has 3 rings (SSSR count). The van der Waals surface area contributed by atoms with Gasteiger partial charge < -0.3 is 15.2 Å². The Balaban J connectivity index is 1.77. The molecule has 0 radical (unpaired) electrons. The fourth-order valence-corrected chi connectivity index (χ4v) is 3.11. The van der Waals surface area contributed by atoms with Gasteiger partial charge in [0.15, 0.2) is 0 Å². The zero-order chi connectivity index (χ0) is 13.1. The van der Waals surface area contributed by atoms with Crippen LogP contribution in [0.25, 0.3) is 0 Å². The molecule has 2 aromatic heterocycles. The summed E-state index contributed by atoms with van der Waals surface area (Å²) in [6, 6.07) is 6.19. The number of carbonyl (C=O) groups excluding carboxylic acids is 1. The molecule has 5 heteroatoms. The second-order valence-corrected chi connectivity index (χ2v) is 5.53. The van der Waals surface area contributed by atoms with Crippen LogP contribution in [0.3, 0.4) is 0 Å². The van der Waals surface area contributed by atoms with Gasteiger partial charge in [-0.1, -0.05) is 0 Å². The second kappa shape index (κ2) is 5.59. The number of nitrogens with zero attached hydrogens (tertiary/aromatic N) is 1. The fraction of sp³-hybridized carbons (Fsp3) is 0.357. The van der Waals surface area contributed by atoms with Crippen molar-refractivity contribution in [3.8, 4) is 0 Å². The fourth-order valence-electron chi connectivity index (χ4n) is 2.52. The average Bonchev–Trinajstić information content (AvgIpc) is 3.10. The van der Waals surface area contributed by atoms with Crippen molar-refractivity contribution in [1.82, 2.24) is 9.88 Å². The van der Waals surface area contributed by atoms with Gasteiger partial charge >= 0.3 is 0 Å². The number of hydrogen-bond donors (Lipinski definition) is 2. The van der Waals surface area contributed by atoms with E-state index in [1.807, 2.05) is 35.2 Å². The number of aromatic nitrogens is 1. The number of carbonyl (C=O) groups is 1. The third-order valence-electron chi connectivity index (χ3n) is 3.49. The summed E-state index contributed by atoms with van der Waals surface area (Å²) in [5.41, 5.74) is 1.62. The number of nitrogens with one attached hydrogen (secondary N) is 2. The maximum Gasteiger partial charge on any atom is 0.272 e. The topological polar surface area (TPSA) is 46.1 Å². The summed E-state index contributed by atoms with van der Waals surface area (Å²) in [6.45, 7) is 2.04. The van der Waals surface area contributed by atoms with Crippen LogP contribution in [0.2, 0.25) is 0 Å². The smallest absolute Gasteiger partial charge is 0.272 e. The lowest BCUT2D eigenvalue weighted by Crippen LogP contribution is -2.31. The summed E-state index contributed by atoms with van der Waals surface area (Å²) < 4.78 is 2.11. The van der Waals surface area contributed by atoms with E-state index in [0.717, 1.165) is 37.3 Å². The third kappa shape index (κ3) is 2.72. The summed E-state index contributed by atoms with van der Waals surface area (Å²) in [7, 11) is 0. The van der Waals surface area contributed by atoms with E-state index in [1.54, 1.807) is 11.3 Å². The van der Waals surface area contributed by atoms with Crippen LogP contribution in [0.15, 0.2) is 35.2 Å². The Morgan fingerprint density at radius 1 is 1.37 bits per heavy atom. The monoisotopic (exact) mass is 275 g/mol. The van der Waals surface area contributed by atoms with Gasteiger partial charge in [0.2, 0.25) is 0 Å². The van der Waals surface area contributed by atoms with Crippen LogP contribution in [-0.2, 0) is 0 Å². The Kier molecular flexibility index (Phi) is 3.66. The van der Waals surface area contributed by atoms with Crippen molar-refractivity contribution in [1.29, 1.82) is 0 Å². The maximum absolute atomic E-state index is 12.3. The zero-order valence-electron chi connectivity index (χ0n) is 10.6. The highest BCUT2D eigenvalue weighted by Crippen LogP contribution is 2.22. The van der Waals surface area contributed by atoms with E-state index in [4.69, 9.17) is 0 Å². The molecule has 1 fully saturated rings. The molecule has 0 spiro atoms. The quantitative estimate of drug-likeness (QED) is 0.904. The van der Waals surface area contributed by atoms with Crippen molar-refractivity contribution in [3.63, 3.8) is 0 Å². The molecule has 0 unspecified atom stereocenters. The highest BCUT2D eigenvalue weighted by Gasteiger charge is 2.19. The van der Waals surface area contributed by atoms with Gasteiger partial charge in [0.25, 0.3) is 5.91 Å². The van der Waals surface area contributed by atoms with E-state index in [0.29, 0.717) is 6.04 Å². The molecule has 1 saturated heterocycles. The highest BCUT2D eigenvalue weighted by atomic mass is 32.1. The number of rotatable bonds is 3. The van der Waals surface area contributed by atoms with Crippen LogP contribution in [-0.4, -0.2) is 23.6 Å². The lowest BCUT2D eigenvalue weighted by Gasteiger charge is -2.25. The molecule has 19 heavy (non-hydrogen) atoms. The molecule has 0 atom stereocenters. The Hall–Kier alpha value is -1.59. The van der Waals surface area contributed by atoms with E-state index in [1.165, 1.54) is 0 Å². The van der Waals surface area contributed by atoms with Gasteiger partial charge in [0.05, 0.1) is 5.69 Å². The maximum atomic E-state index is 12.3. The normalized spacial score (nSPS) is 16.4. The van der Waals surface area contributed by atoms with Crippen LogP contribution in [0.1, 0.15) is 29.4 Å². The summed E-state index contributed by atoms with van der Waals surface area (Å²) in [6.07, 6.45) is 4.17. The molecular formula is C14H17N3OS. The van der Waals surface area contributed by atoms with Gasteiger partial charge in [-0.25, -0.2) is 0 Å². The number of anilines is 1. The van der Waals surface area contributed by atoms with E-state index < -0.39 is 0 Å². The Morgan fingerprint density at radius 2 is 2.21 bits per heavy atom. The molecule has 0 bridgehead atoms. The SMILES string of the molecule is O=C(Nc1ccsc1)c1cccn1C1CCNCC1. The van der Waals surface area contributed by atoms with Crippen LogP contribution in [0, 0.1) is 0 Å². The van der Waals surface area contributed by atoms with Gasteiger partial charge in [-0.05, 0) is 49.5 Å². The van der Waals surface area contributed by atoms with Crippen molar-refractivity contribution in [2.75, 3.05) is 18.4 Å². The number of thiophene rings is 1. The Bertz CT molecular complexity index is 541. The predicted molar refractivity (Wildman–Crippen MR) is 77.8 cm³/mol. The first-order valence-corrected chi connectivity index (χ1v) is 7.50. The first-order valence-electron chi connectivity index (χ1n) is 6.56. The molecule has 4 nitrogen and oxygen atoms in total.